The van der Waals surface area contributed by atoms with Crippen LogP contribution in [0.5, 0.6) is 0 Å². The summed E-state index contributed by atoms with van der Waals surface area (Å²) in [6, 6.07) is 71.3. The monoisotopic (exact) mass is 632 g/mol. The van der Waals surface area contributed by atoms with Crippen molar-refractivity contribution in [3.05, 3.63) is 194 Å². The second-order valence-corrected chi connectivity index (χ2v) is 13.3. The first kappa shape index (κ1) is 28.5. The molecule has 0 amide bonds. The second kappa shape index (κ2) is 11.6. The van der Waals surface area contributed by atoms with E-state index in [1.165, 1.54) is 98.4 Å². The van der Waals surface area contributed by atoms with Crippen LogP contribution in [0.2, 0.25) is 0 Å². The average molecular weight is 633 g/mol. The molecule has 0 heteroatoms. The van der Waals surface area contributed by atoms with Crippen LogP contribution in [-0.2, 0) is 0 Å². The molecule has 0 saturated carbocycles. The summed E-state index contributed by atoms with van der Waals surface area (Å²) >= 11 is 0. The SMILES string of the molecule is c1cc(-c2ccc3cc(-c4cccc(-c5cc6ccccc6c6ccccc56)c4)ccc3c2)cc(-c2cc3ccccc3c3ccccc23)c1. The number of hydrogen-bond acceptors (Lipinski definition) is 0. The molecule has 0 aliphatic heterocycles. The van der Waals surface area contributed by atoms with Gasteiger partial charge in [0.1, 0.15) is 0 Å². The van der Waals surface area contributed by atoms with Gasteiger partial charge in [-0.3, -0.25) is 0 Å². The molecule has 0 bridgehead atoms. The topological polar surface area (TPSA) is 0 Å². The molecule has 0 unspecified atom stereocenters. The molecular formula is C50H32. The van der Waals surface area contributed by atoms with E-state index in [0.29, 0.717) is 0 Å². The van der Waals surface area contributed by atoms with Gasteiger partial charge in [-0.1, -0.05) is 158 Å². The summed E-state index contributed by atoms with van der Waals surface area (Å²) < 4.78 is 0. The fraction of sp³-hybridized carbons (Fsp3) is 0. The lowest BCUT2D eigenvalue weighted by Gasteiger charge is -2.13. The molecule has 0 aromatic heterocycles. The van der Waals surface area contributed by atoms with Crippen LogP contribution >= 0.6 is 0 Å². The lowest BCUT2D eigenvalue weighted by Crippen LogP contribution is -1.87. The second-order valence-electron chi connectivity index (χ2n) is 13.3. The van der Waals surface area contributed by atoms with E-state index in [1.807, 2.05) is 0 Å². The van der Waals surface area contributed by atoms with Crippen molar-refractivity contribution in [1.29, 1.82) is 0 Å². The van der Waals surface area contributed by atoms with Gasteiger partial charge in [-0.2, -0.15) is 0 Å². The molecule has 10 aromatic rings. The Bertz CT molecular complexity index is 2730. The highest BCUT2D eigenvalue weighted by atomic mass is 14.2. The molecule has 0 saturated heterocycles. The van der Waals surface area contributed by atoms with Gasteiger partial charge in [-0.05, 0) is 135 Å². The van der Waals surface area contributed by atoms with Gasteiger partial charge in [0.25, 0.3) is 0 Å². The van der Waals surface area contributed by atoms with Crippen LogP contribution in [0.4, 0.5) is 0 Å². The van der Waals surface area contributed by atoms with E-state index in [-0.39, 0.29) is 0 Å². The van der Waals surface area contributed by atoms with Gasteiger partial charge in [0.05, 0.1) is 0 Å². The van der Waals surface area contributed by atoms with Crippen molar-refractivity contribution in [2.45, 2.75) is 0 Å². The minimum absolute atomic E-state index is 1.22. The van der Waals surface area contributed by atoms with Gasteiger partial charge in [-0.15, -0.1) is 0 Å². The standard InChI is InChI=1S/C50H32/c1-3-17-43-41(11-1)31-49(47-21-7-5-19-45(43)47)39-15-9-13-33(29-39)35-23-25-38-28-36(24-26-37(38)27-35)34-14-10-16-40(30-34)50-32-42-12-2-4-18-44(42)46-20-6-8-22-48(46)50/h1-32H. The Morgan fingerprint density at radius 2 is 0.540 bits per heavy atom. The number of fused-ring (bicyclic) bond motifs is 7. The van der Waals surface area contributed by atoms with Gasteiger partial charge >= 0.3 is 0 Å². The zero-order valence-corrected chi connectivity index (χ0v) is 27.5. The molecule has 0 aliphatic rings. The van der Waals surface area contributed by atoms with Crippen LogP contribution in [0.25, 0.3) is 98.4 Å². The molecule has 10 rings (SSSR count). The average Bonchev–Trinajstić information content (AvgIpc) is 3.20. The van der Waals surface area contributed by atoms with Crippen LogP contribution < -0.4 is 0 Å². The van der Waals surface area contributed by atoms with Crippen molar-refractivity contribution in [1.82, 2.24) is 0 Å². The van der Waals surface area contributed by atoms with Crippen molar-refractivity contribution in [2.24, 2.45) is 0 Å². The molecule has 0 atom stereocenters. The Balaban J connectivity index is 1.02. The summed E-state index contributed by atoms with van der Waals surface area (Å²) in [6.45, 7) is 0. The van der Waals surface area contributed by atoms with E-state index < -0.39 is 0 Å². The van der Waals surface area contributed by atoms with Gasteiger partial charge in [0, 0.05) is 0 Å². The number of rotatable bonds is 4. The van der Waals surface area contributed by atoms with Gasteiger partial charge in [-0.25, -0.2) is 0 Å². The van der Waals surface area contributed by atoms with Crippen LogP contribution in [0.15, 0.2) is 194 Å². The van der Waals surface area contributed by atoms with Gasteiger partial charge in [0.2, 0.25) is 0 Å². The molecule has 0 fully saturated rings. The zero-order chi connectivity index (χ0) is 33.0. The minimum atomic E-state index is 1.22. The minimum Gasteiger partial charge on any atom is -0.0616 e. The molecule has 50 heavy (non-hydrogen) atoms. The van der Waals surface area contributed by atoms with E-state index in [4.69, 9.17) is 0 Å². The maximum Gasteiger partial charge on any atom is -0.00988 e. The first-order valence-electron chi connectivity index (χ1n) is 17.3. The Morgan fingerprint density at radius 1 is 0.180 bits per heavy atom. The summed E-state index contributed by atoms with van der Waals surface area (Å²) in [5, 5.41) is 12.8. The molecule has 0 radical (unpaired) electrons. The van der Waals surface area contributed by atoms with Crippen molar-refractivity contribution in [3.8, 4) is 44.5 Å². The highest BCUT2D eigenvalue weighted by Gasteiger charge is 2.12. The van der Waals surface area contributed by atoms with Crippen LogP contribution in [0, 0.1) is 0 Å². The smallest absolute Gasteiger partial charge is 0.00988 e. The molecule has 0 N–H and O–H groups in total. The lowest BCUT2D eigenvalue weighted by atomic mass is 9.91. The largest absolute Gasteiger partial charge is 0.0616 e. The molecular weight excluding hydrogens is 601 g/mol. The fourth-order valence-corrected chi connectivity index (χ4v) is 7.92. The van der Waals surface area contributed by atoms with E-state index in [2.05, 4.69) is 194 Å². The molecule has 0 nitrogen and oxygen atoms in total. The van der Waals surface area contributed by atoms with Crippen molar-refractivity contribution in [2.75, 3.05) is 0 Å². The van der Waals surface area contributed by atoms with Gasteiger partial charge < -0.3 is 0 Å². The van der Waals surface area contributed by atoms with Crippen molar-refractivity contribution < 1.29 is 0 Å². The first-order valence-corrected chi connectivity index (χ1v) is 17.3. The third-order valence-corrected chi connectivity index (χ3v) is 10.4. The predicted octanol–water partition coefficient (Wildman–Crippen LogP) is 14.1. The van der Waals surface area contributed by atoms with Crippen LogP contribution in [-0.4, -0.2) is 0 Å². The van der Waals surface area contributed by atoms with Crippen LogP contribution in [0.1, 0.15) is 0 Å². The quantitative estimate of drug-likeness (QED) is 0.169. The molecule has 10 aromatic carbocycles. The van der Waals surface area contributed by atoms with Gasteiger partial charge in [0.15, 0.2) is 0 Å². The first-order chi connectivity index (χ1) is 24.8. The van der Waals surface area contributed by atoms with E-state index in [9.17, 15) is 0 Å². The molecule has 0 heterocycles. The maximum atomic E-state index is 2.34. The molecule has 0 spiro atoms. The summed E-state index contributed by atoms with van der Waals surface area (Å²) in [7, 11) is 0. The summed E-state index contributed by atoms with van der Waals surface area (Å²) in [5.74, 6) is 0. The summed E-state index contributed by atoms with van der Waals surface area (Å²) in [5.41, 5.74) is 9.90. The fourth-order valence-electron chi connectivity index (χ4n) is 7.92. The van der Waals surface area contributed by atoms with E-state index in [1.54, 1.807) is 0 Å². The van der Waals surface area contributed by atoms with Crippen molar-refractivity contribution >= 4 is 53.9 Å². The number of benzene rings is 10. The van der Waals surface area contributed by atoms with Crippen LogP contribution in [0.3, 0.4) is 0 Å². The summed E-state index contributed by atoms with van der Waals surface area (Å²) in [4.78, 5) is 0. The molecule has 232 valence electrons. The normalized spacial score (nSPS) is 11.6. The van der Waals surface area contributed by atoms with E-state index in [0.717, 1.165) is 0 Å². The maximum absolute atomic E-state index is 2.34. The highest BCUT2D eigenvalue weighted by Crippen LogP contribution is 2.39. The highest BCUT2D eigenvalue weighted by molar-refractivity contribution is 6.15. The van der Waals surface area contributed by atoms with Crippen molar-refractivity contribution in [3.63, 3.8) is 0 Å². The lowest BCUT2D eigenvalue weighted by molar-refractivity contribution is 1.61. The Labute approximate surface area is 291 Å². The van der Waals surface area contributed by atoms with E-state index >= 15 is 0 Å². The third kappa shape index (κ3) is 4.77. The third-order valence-electron chi connectivity index (χ3n) is 10.4. The Hall–Kier alpha value is -6.50. The Kier molecular flexibility index (Phi) is 6.60. The molecule has 0 aliphatic carbocycles. The predicted molar refractivity (Wildman–Crippen MR) is 216 cm³/mol. The number of hydrogen-bond donors (Lipinski definition) is 0. The summed E-state index contributed by atoms with van der Waals surface area (Å²) in [6.07, 6.45) is 0. The Morgan fingerprint density at radius 3 is 1.00 bits per heavy atom. The zero-order valence-electron chi connectivity index (χ0n) is 27.5.